The van der Waals surface area contributed by atoms with E-state index in [0.717, 1.165) is 23.2 Å². The third-order valence-electron chi connectivity index (χ3n) is 4.33. The summed E-state index contributed by atoms with van der Waals surface area (Å²) in [6, 6.07) is 6.05. The molecule has 0 bridgehead atoms. The molecular weight excluding hydrogens is 356 g/mol. The summed E-state index contributed by atoms with van der Waals surface area (Å²) < 4.78 is 0. The van der Waals surface area contributed by atoms with Crippen molar-refractivity contribution in [1.29, 1.82) is 0 Å². The van der Waals surface area contributed by atoms with Gasteiger partial charge in [0, 0.05) is 31.3 Å². The molecule has 0 heterocycles. The quantitative estimate of drug-likeness (QED) is 0.521. The number of carbonyl (C=O) groups is 1. The van der Waals surface area contributed by atoms with E-state index < -0.39 is 0 Å². The van der Waals surface area contributed by atoms with Crippen molar-refractivity contribution in [2.75, 3.05) is 25.2 Å². The van der Waals surface area contributed by atoms with E-state index in [9.17, 15) is 4.79 Å². The van der Waals surface area contributed by atoms with Crippen LogP contribution in [0.3, 0.4) is 0 Å². The van der Waals surface area contributed by atoms with Crippen LogP contribution in [0.25, 0.3) is 0 Å². The highest BCUT2D eigenvalue weighted by Crippen LogP contribution is 2.28. The molecule has 25 heavy (non-hydrogen) atoms. The third-order valence-corrected chi connectivity index (χ3v) is 5.73. The Morgan fingerprint density at radius 2 is 2.20 bits per heavy atom. The van der Waals surface area contributed by atoms with Crippen LogP contribution < -0.4 is 16.0 Å². The molecule has 1 fully saturated rings. The van der Waals surface area contributed by atoms with E-state index in [2.05, 4.69) is 27.2 Å². The molecule has 3 N–H and O–H groups in total. The number of guanidine groups is 1. The SMILES string of the molecule is CN=C(NCCC(=O)Nc1ccc(C)cc1Cl)NC1CCC(SC)C1. The van der Waals surface area contributed by atoms with Gasteiger partial charge >= 0.3 is 0 Å². The first-order valence-electron chi connectivity index (χ1n) is 8.57. The Labute approximate surface area is 159 Å². The van der Waals surface area contributed by atoms with Gasteiger partial charge in [0.1, 0.15) is 0 Å². The maximum atomic E-state index is 12.1. The van der Waals surface area contributed by atoms with Gasteiger partial charge in [-0.3, -0.25) is 9.79 Å². The van der Waals surface area contributed by atoms with Crippen molar-refractivity contribution in [1.82, 2.24) is 10.6 Å². The predicted octanol–water partition coefficient (Wildman–Crippen LogP) is 3.43. The number of benzene rings is 1. The van der Waals surface area contributed by atoms with E-state index in [4.69, 9.17) is 11.6 Å². The lowest BCUT2D eigenvalue weighted by Gasteiger charge is -2.17. The van der Waals surface area contributed by atoms with E-state index in [1.165, 1.54) is 12.8 Å². The highest BCUT2D eigenvalue weighted by molar-refractivity contribution is 7.99. The number of hydrogen-bond acceptors (Lipinski definition) is 3. The molecular formula is C18H27ClN4OS. The number of rotatable bonds is 6. The van der Waals surface area contributed by atoms with Gasteiger partial charge in [0.25, 0.3) is 0 Å². The van der Waals surface area contributed by atoms with Crippen molar-refractivity contribution in [3.8, 4) is 0 Å². The number of aryl methyl sites for hydroxylation is 1. The van der Waals surface area contributed by atoms with Crippen molar-refractivity contribution in [3.05, 3.63) is 28.8 Å². The van der Waals surface area contributed by atoms with E-state index in [0.29, 0.717) is 29.7 Å². The maximum Gasteiger partial charge on any atom is 0.226 e. The van der Waals surface area contributed by atoms with Crippen molar-refractivity contribution >= 4 is 40.9 Å². The number of anilines is 1. The first-order valence-corrected chi connectivity index (χ1v) is 10.2. The molecule has 2 rings (SSSR count). The first kappa shape index (κ1) is 19.9. The Balaban J connectivity index is 1.72. The van der Waals surface area contributed by atoms with Crippen molar-refractivity contribution in [2.24, 2.45) is 4.99 Å². The van der Waals surface area contributed by atoms with E-state index in [1.54, 1.807) is 7.05 Å². The topological polar surface area (TPSA) is 65.5 Å². The summed E-state index contributed by atoms with van der Waals surface area (Å²) in [4.78, 5) is 16.3. The van der Waals surface area contributed by atoms with Crippen LogP contribution in [-0.4, -0.2) is 43.0 Å². The second-order valence-electron chi connectivity index (χ2n) is 6.29. The summed E-state index contributed by atoms with van der Waals surface area (Å²) in [6.45, 7) is 2.49. The lowest BCUT2D eigenvalue weighted by Crippen LogP contribution is -2.43. The van der Waals surface area contributed by atoms with Crippen LogP contribution in [0.2, 0.25) is 5.02 Å². The van der Waals surface area contributed by atoms with Gasteiger partial charge in [0.15, 0.2) is 5.96 Å². The molecule has 1 aromatic rings. The smallest absolute Gasteiger partial charge is 0.226 e. The molecule has 1 saturated carbocycles. The monoisotopic (exact) mass is 382 g/mol. The molecule has 7 heteroatoms. The molecule has 0 spiro atoms. The van der Waals surface area contributed by atoms with Crippen LogP contribution in [-0.2, 0) is 4.79 Å². The maximum absolute atomic E-state index is 12.1. The number of nitrogens with one attached hydrogen (secondary N) is 3. The molecule has 2 unspecified atom stereocenters. The fourth-order valence-corrected chi connectivity index (χ4v) is 3.98. The van der Waals surface area contributed by atoms with Crippen LogP contribution in [0, 0.1) is 6.92 Å². The fourth-order valence-electron chi connectivity index (χ4n) is 2.90. The predicted molar refractivity (Wildman–Crippen MR) is 109 cm³/mol. The summed E-state index contributed by atoms with van der Waals surface area (Å²) in [7, 11) is 1.75. The summed E-state index contributed by atoms with van der Waals surface area (Å²) in [6.07, 6.45) is 6.09. The highest BCUT2D eigenvalue weighted by Gasteiger charge is 2.24. The van der Waals surface area contributed by atoms with Crippen LogP contribution in [0.5, 0.6) is 0 Å². The van der Waals surface area contributed by atoms with Gasteiger partial charge in [-0.25, -0.2) is 0 Å². The largest absolute Gasteiger partial charge is 0.356 e. The zero-order chi connectivity index (χ0) is 18.2. The number of halogens is 1. The Hall–Kier alpha value is -1.40. The number of nitrogens with zero attached hydrogens (tertiary/aromatic N) is 1. The number of aliphatic imine (C=N–C) groups is 1. The molecule has 0 saturated heterocycles. The number of amides is 1. The molecule has 138 valence electrons. The molecule has 0 aliphatic heterocycles. The lowest BCUT2D eigenvalue weighted by atomic mass is 10.2. The van der Waals surface area contributed by atoms with Gasteiger partial charge in [0.05, 0.1) is 10.7 Å². The van der Waals surface area contributed by atoms with Gasteiger partial charge in [0.2, 0.25) is 5.91 Å². The number of carbonyl (C=O) groups excluding carboxylic acids is 1. The summed E-state index contributed by atoms with van der Waals surface area (Å²) in [5.41, 5.74) is 1.71. The third kappa shape index (κ3) is 6.44. The average molecular weight is 383 g/mol. The van der Waals surface area contributed by atoms with E-state index >= 15 is 0 Å². The second kappa shape index (κ2) is 9.92. The average Bonchev–Trinajstić information content (AvgIpc) is 3.04. The van der Waals surface area contributed by atoms with Crippen LogP contribution in [0.15, 0.2) is 23.2 Å². The fraction of sp³-hybridized carbons (Fsp3) is 0.556. The zero-order valence-corrected chi connectivity index (χ0v) is 16.6. The molecule has 0 radical (unpaired) electrons. The summed E-state index contributed by atoms with van der Waals surface area (Å²) in [5, 5.41) is 10.8. The Bertz CT molecular complexity index is 623. The molecule has 5 nitrogen and oxygen atoms in total. The molecule has 1 aliphatic rings. The van der Waals surface area contributed by atoms with Crippen molar-refractivity contribution < 1.29 is 4.79 Å². The normalized spacial score (nSPS) is 20.4. The van der Waals surface area contributed by atoms with Gasteiger partial charge in [-0.15, -0.1) is 0 Å². The first-order chi connectivity index (χ1) is 12.0. The van der Waals surface area contributed by atoms with Gasteiger partial charge in [-0.2, -0.15) is 11.8 Å². The molecule has 1 aliphatic carbocycles. The number of hydrogen-bond donors (Lipinski definition) is 3. The van der Waals surface area contributed by atoms with Gasteiger partial charge < -0.3 is 16.0 Å². The summed E-state index contributed by atoms with van der Waals surface area (Å²) >= 11 is 8.07. The Kier molecular flexibility index (Phi) is 7.90. The zero-order valence-electron chi connectivity index (χ0n) is 15.1. The van der Waals surface area contributed by atoms with Crippen LogP contribution in [0.1, 0.15) is 31.2 Å². The minimum absolute atomic E-state index is 0.0722. The van der Waals surface area contributed by atoms with E-state index in [-0.39, 0.29) is 5.91 Å². The molecule has 0 aromatic heterocycles. The van der Waals surface area contributed by atoms with Gasteiger partial charge in [-0.1, -0.05) is 17.7 Å². The van der Waals surface area contributed by atoms with E-state index in [1.807, 2.05) is 36.9 Å². The molecule has 1 amide bonds. The van der Waals surface area contributed by atoms with Crippen LogP contribution >= 0.6 is 23.4 Å². The Morgan fingerprint density at radius 1 is 1.40 bits per heavy atom. The summed E-state index contributed by atoms with van der Waals surface area (Å²) in [5.74, 6) is 0.685. The molecule has 1 aromatic carbocycles. The second-order valence-corrected chi connectivity index (χ2v) is 7.84. The Morgan fingerprint density at radius 3 is 2.84 bits per heavy atom. The molecule has 2 atom stereocenters. The standard InChI is InChI=1S/C18H27ClN4OS/c1-12-4-7-16(15(19)10-12)23-17(24)8-9-21-18(20-2)22-13-5-6-14(11-13)25-3/h4,7,10,13-14H,5-6,8-9,11H2,1-3H3,(H,23,24)(H2,20,21,22). The lowest BCUT2D eigenvalue weighted by molar-refractivity contribution is -0.116. The van der Waals surface area contributed by atoms with Crippen LogP contribution in [0.4, 0.5) is 5.69 Å². The minimum Gasteiger partial charge on any atom is -0.356 e. The van der Waals surface area contributed by atoms with Crippen molar-refractivity contribution in [3.63, 3.8) is 0 Å². The highest BCUT2D eigenvalue weighted by atomic mass is 35.5. The minimum atomic E-state index is -0.0722. The van der Waals surface area contributed by atoms with Gasteiger partial charge in [-0.05, 0) is 50.1 Å². The van der Waals surface area contributed by atoms with Crippen molar-refractivity contribution in [2.45, 2.75) is 43.9 Å². The number of thioether (sulfide) groups is 1.